The second-order valence-corrected chi connectivity index (χ2v) is 10.2. The zero-order chi connectivity index (χ0) is 18.1. The summed E-state index contributed by atoms with van der Waals surface area (Å²) >= 11 is 0. The van der Waals surface area contributed by atoms with Crippen molar-refractivity contribution in [2.24, 2.45) is 0 Å². The van der Waals surface area contributed by atoms with Gasteiger partial charge in [0.25, 0.3) is 0 Å². The van der Waals surface area contributed by atoms with Gasteiger partial charge in [0, 0.05) is 6.20 Å². The molecular weight excluding hydrogens is 334 g/mol. The van der Waals surface area contributed by atoms with Crippen molar-refractivity contribution in [3.63, 3.8) is 0 Å². The summed E-state index contributed by atoms with van der Waals surface area (Å²) in [5.41, 5.74) is 6.93. The van der Waals surface area contributed by atoms with Crippen LogP contribution in [0.4, 0.5) is 0 Å². The van der Waals surface area contributed by atoms with Crippen LogP contribution in [0.2, 0.25) is 0 Å². The van der Waals surface area contributed by atoms with E-state index in [9.17, 15) is 0 Å². The maximum absolute atomic E-state index is 6.36. The van der Waals surface area contributed by atoms with Gasteiger partial charge >= 0.3 is 0 Å². The van der Waals surface area contributed by atoms with Gasteiger partial charge in [-0.1, -0.05) is 97.6 Å². The Morgan fingerprint density at radius 3 is 1.31 bits per heavy atom. The maximum atomic E-state index is 6.36. The smallest absolute Gasteiger partial charge is 0.242 e. The quantitative estimate of drug-likeness (QED) is 0.431. The molecule has 0 aliphatic carbocycles. The van der Waals surface area contributed by atoms with Crippen molar-refractivity contribution in [3.8, 4) is 0 Å². The maximum Gasteiger partial charge on any atom is 0.242 e. The van der Waals surface area contributed by atoms with E-state index in [2.05, 4.69) is 103 Å². The molecule has 0 bridgehead atoms. The van der Waals surface area contributed by atoms with E-state index in [4.69, 9.17) is 4.53 Å². The largest absolute Gasteiger partial charge is 0.321 e. The molecule has 2 nitrogen and oxygen atoms in total. The molecule has 3 rings (SSSR count). The highest BCUT2D eigenvalue weighted by Gasteiger charge is 2.37. The minimum atomic E-state index is -2.22. The number of hydrogen-bond acceptors (Lipinski definition) is 2. The van der Waals surface area contributed by atoms with Crippen molar-refractivity contribution in [2.45, 2.75) is 18.1 Å². The molecule has 132 valence electrons. The fourth-order valence-electron chi connectivity index (χ4n) is 3.37. The van der Waals surface area contributed by atoms with E-state index >= 15 is 0 Å². The lowest BCUT2D eigenvalue weighted by atomic mass is 10.2. The molecule has 3 aromatic carbocycles. The first-order chi connectivity index (χ1) is 12.8. The highest BCUT2D eigenvalue weighted by atomic mass is 28.4. The SMILES string of the molecule is C=CNO[Si](Cc1ccccc1)(Cc1ccccc1)Cc1ccccc1. The number of hydroxylamine groups is 1. The molecule has 0 saturated carbocycles. The van der Waals surface area contributed by atoms with E-state index < -0.39 is 8.32 Å². The molecule has 1 N–H and O–H groups in total. The molecule has 3 heteroatoms. The lowest BCUT2D eigenvalue weighted by Gasteiger charge is -2.31. The first kappa shape index (κ1) is 18.2. The third-order valence-electron chi connectivity index (χ3n) is 4.47. The Labute approximate surface area is 157 Å². The predicted octanol–water partition coefficient (Wildman–Crippen LogP) is 4.94. The van der Waals surface area contributed by atoms with Crippen molar-refractivity contribution in [1.29, 1.82) is 0 Å². The lowest BCUT2D eigenvalue weighted by molar-refractivity contribution is 0.221. The molecule has 0 atom stereocenters. The van der Waals surface area contributed by atoms with E-state index in [0.29, 0.717) is 0 Å². The van der Waals surface area contributed by atoms with Crippen LogP contribution in [0.25, 0.3) is 0 Å². The number of nitrogens with one attached hydrogen (secondary N) is 1. The summed E-state index contributed by atoms with van der Waals surface area (Å²) in [7, 11) is -2.22. The zero-order valence-electron chi connectivity index (χ0n) is 15.0. The van der Waals surface area contributed by atoms with Gasteiger partial charge in [0.2, 0.25) is 8.32 Å². The van der Waals surface area contributed by atoms with Crippen molar-refractivity contribution in [3.05, 3.63) is 120 Å². The molecule has 0 aliphatic heterocycles. The second-order valence-electron chi connectivity index (χ2n) is 6.59. The Balaban J connectivity index is 1.95. The fourth-order valence-corrected chi connectivity index (χ4v) is 7.23. The first-order valence-electron chi connectivity index (χ1n) is 8.96. The Hall–Kier alpha value is -2.62. The molecule has 26 heavy (non-hydrogen) atoms. The summed E-state index contributed by atoms with van der Waals surface area (Å²) in [4.78, 5) is 0. The van der Waals surface area contributed by atoms with Gasteiger partial charge in [0.1, 0.15) is 0 Å². The van der Waals surface area contributed by atoms with E-state index in [1.807, 2.05) is 0 Å². The average molecular weight is 360 g/mol. The minimum absolute atomic E-state index is 0.943. The van der Waals surface area contributed by atoms with Crippen molar-refractivity contribution in [2.75, 3.05) is 0 Å². The summed E-state index contributed by atoms with van der Waals surface area (Å²) in [6.07, 6.45) is 1.63. The summed E-state index contributed by atoms with van der Waals surface area (Å²) in [5, 5.41) is 0. The van der Waals surface area contributed by atoms with Crippen LogP contribution >= 0.6 is 0 Å². The highest BCUT2D eigenvalue weighted by Crippen LogP contribution is 2.23. The molecule has 0 heterocycles. The summed E-state index contributed by atoms with van der Waals surface area (Å²) in [5.74, 6) is 0. The van der Waals surface area contributed by atoms with Crippen LogP contribution in [0.1, 0.15) is 16.7 Å². The van der Waals surface area contributed by atoms with Gasteiger partial charge in [-0.05, 0) is 34.8 Å². The zero-order valence-corrected chi connectivity index (χ0v) is 16.0. The molecule has 0 aliphatic rings. The number of rotatable bonds is 9. The average Bonchev–Trinajstić information content (AvgIpc) is 2.69. The van der Waals surface area contributed by atoms with Crippen molar-refractivity contribution in [1.82, 2.24) is 5.48 Å². The Kier molecular flexibility index (Phi) is 6.42. The van der Waals surface area contributed by atoms with Gasteiger partial charge in [-0.2, -0.15) is 0 Å². The molecule has 0 fully saturated rings. The molecule has 0 radical (unpaired) electrons. The topological polar surface area (TPSA) is 21.3 Å². The van der Waals surface area contributed by atoms with E-state index in [1.165, 1.54) is 16.7 Å². The van der Waals surface area contributed by atoms with Gasteiger partial charge in [-0.25, -0.2) is 0 Å². The Bertz CT molecular complexity index is 689. The van der Waals surface area contributed by atoms with Crippen LogP contribution in [0, 0.1) is 0 Å². The highest BCUT2D eigenvalue weighted by molar-refractivity contribution is 6.72. The van der Waals surface area contributed by atoms with Gasteiger partial charge in [0.05, 0.1) is 0 Å². The van der Waals surface area contributed by atoms with Crippen LogP contribution in [0.5, 0.6) is 0 Å². The van der Waals surface area contributed by atoms with Crippen LogP contribution < -0.4 is 5.48 Å². The van der Waals surface area contributed by atoms with Crippen LogP contribution in [0.3, 0.4) is 0 Å². The van der Waals surface area contributed by atoms with Crippen LogP contribution in [-0.2, 0) is 22.7 Å². The van der Waals surface area contributed by atoms with Crippen LogP contribution in [0.15, 0.2) is 104 Å². The van der Waals surface area contributed by atoms with Crippen molar-refractivity contribution < 1.29 is 4.53 Å². The predicted molar refractivity (Wildman–Crippen MR) is 111 cm³/mol. The number of benzene rings is 3. The Morgan fingerprint density at radius 1 is 0.654 bits per heavy atom. The fraction of sp³-hybridized carbons (Fsp3) is 0.130. The monoisotopic (exact) mass is 359 g/mol. The molecule has 0 unspecified atom stereocenters. The second kappa shape index (κ2) is 9.18. The van der Waals surface area contributed by atoms with Crippen LogP contribution in [-0.4, -0.2) is 8.32 Å². The molecule has 0 amide bonds. The summed E-state index contributed by atoms with van der Waals surface area (Å²) < 4.78 is 6.36. The molecule has 3 aromatic rings. The Morgan fingerprint density at radius 2 is 1.00 bits per heavy atom. The molecule has 0 aromatic heterocycles. The van der Waals surface area contributed by atoms with E-state index in [1.54, 1.807) is 6.20 Å². The normalized spacial score (nSPS) is 11.1. The molecule has 0 saturated heterocycles. The first-order valence-corrected chi connectivity index (χ1v) is 11.5. The van der Waals surface area contributed by atoms with E-state index in [0.717, 1.165) is 18.1 Å². The summed E-state index contributed by atoms with van der Waals surface area (Å²) in [6.45, 7) is 3.77. The summed E-state index contributed by atoms with van der Waals surface area (Å²) in [6, 6.07) is 34.7. The standard InChI is InChI=1S/C23H25NOSi/c1-2-24-25-26(18-21-12-6-3-7-13-21,19-22-14-8-4-9-15-22)20-23-16-10-5-11-17-23/h2-17,24H,1,18-20H2. The van der Waals surface area contributed by atoms with Gasteiger partial charge in [0.15, 0.2) is 0 Å². The van der Waals surface area contributed by atoms with Gasteiger partial charge in [-0.15, -0.1) is 0 Å². The van der Waals surface area contributed by atoms with Gasteiger partial charge in [-0.3, -0.25) is 5.48 Å². The molecular formula is C23H25NOSi. The third kappa shape index (κ3) is 5.18. The van der Waals surface area contributed by atoms with Crippen molar-refractivity contribution >= 4 is 8.32 Å². The third-order valence-corrected chi connectivity index (χ3v) is 8.17. The van der Waals surface area contributed by atoms with E-state index in [-0.39, 0.29) is 0 Å². The van der Waals surface area contributed by atoms with Gasteiger partial charge < -0.3 is 4.53 Å². The molecule has 0 spiro atoms. The minimum Gasteiger partial charge on any atom is -0.321 e. The lowest BCUT2D eigenvalue weighted by Crippen LogP contribution is -2.50. The number of hydrogen-bond donors (Lipinski definition) is 1.